The minimum atomic E-state index is -0.366. The zero-order valence-electron chi connectivity index (χ0n) is 6.25. The Morgan fingerprint density at radius 1 is 1.58 bits per heavy atom. The molecule has 1 aromatic rings. The first-order chi connectivity index (χ1) is 5.74. The molecule has 1 aromatic carbocycles. The maximum atomic E-state index is 13.0. The van der Waals surface area contributed by atoms with Crippen molar-refractivity contribution >= 4 is 17.4 Å². The van der Waals surface area contributed by atoms with Gasteiger partial charge in [0, 0.05) is 10.6 Å². The van der Waals surface area contributed by atoms with Gasteiger partial charge < -0.3 is 5.73 Å². The van der Waals surface area contributed by atoms with Crippen LogP contribution in [0.5, 0.6) is 0 Å². The van der Waals surface area contributed by atoms with E-state index in [4.69, 9.17) is 11.0 Å². The van der Waals surface area contributed by atoms with Crippen molar-refractivity contribution in [3.63, 3.8) is 0 Å². The number of anilines is 1. The molecule has 2 N–H and O–H groups in total. The Labute approximate surface area is 74.2 Å². The van der Waals surface area contributed by atoms with Gasteiger partial charge in [-0.3, -0.25) is 0 Å². The third kappa shape index (κ3) is 2.14. The minimum absolute atomic E-state index is 0.251. The van der Waals surface area contributed by atoms with Crippen molar-refractivity contribution in [3.8, 4) is 6.07 Å². The fourth-order valence-corrected chi connectivity index (χ4v) is 1.33. The molecular formula is C8H7FN2S. The van der Waals surface area contributed by atoms with Gasteiger partial charge in [-0.25, -0.2) is 4.39 Å². The van der Waals surface area contributed by atoms with E-state index in [2.05, 4.69) is 0 Å². The number of rotatable bonds is 2. The molecule has 0 aliphatic heterocycles. The van der Waals surface area contributed by atoms with Gasteiger partial charge >= 0.3 is 0 Å². The first-order valence-electron chi connectivity index (χ1n) is 3.29. The van der Waals surface area contributed by atoms with E-state index in [1.165, 1.54) is 6.07 Å². The Kier molecular flexibility index (Phi) is 2.94. The molecular weight excluding hydrogens is 175 g/mol. The minimum Gasteiger partial charge on any atom is -0.399 e. The van der Waals surface area contributed by atoms with E-state index < -0.39 is 0 Å². The summed E-state index contributed by atoms with van der Waals surface area (Å²) >= 11 is 1.16. The number of hydrogen-bond acceptors (Lipinski definition) is 3. The second kappa shape index (κ2) is 3.98. The van der Waals surface area contributed by atoms with Crippen LogP contribution in [-0.4, -0.2) is 5.75 Å². The van der Waals surface area contributed by atoms with Crippen molar-refractivity contribution in [2.45, 2.75) is 4.90 Å². The van der Waals surface area contributed by atoms with Gasteiger partial charge in [0.2, 0.25) is 0 Å². The Morgan fingerprint density at radius 3 is 2.92 bits per heavy atom. The molecule has 0 unspecified atom stereocenters. The molecule has 0 aliphatic carbocycles. The van der Waals surface area contributed by atoms with Crippen molar-refractivity contribution in [1.82, 2.24) is 0 Å². The predicted molar refractivity (Wildman–Crippen MR) is 47.1 cm³/mol. The fraction of sp³-hybridized carbons (Fsp3) is 0.125. The summed E-state index contributed by atoms with van der Waals surface area (Å²) < 4.78 is 13.0. The van der Waals surface area contributed by atoms with Crippen molar-refractivity contribution in [1.29, 1.82) is 5.26 Å². The lowest BCUT2D eigenvalue weighted by atomic mass is 10.3. The summed E-state index contributed by atoms with van der Waals surface area (Å²) in [7, 11) is 0. The number of nitrogens with two attached hydrogens (primary N) is 1. The largest absolute Gasteiger partial charge is 0.399 e. The SMILES string of the molecule is N#CCSc1ccc(N)cc1F. The average Bonchev–Trinajstić information content (AvgIpc) is 2.03. The second-order valence-corrected chi connectivity index (χ2v) is 3.15. The van der Waals surface area contributed by atoms with Crippen molar-refractivity contribution in [3.05, 3.63) is 24.0 Å². The van der Waals surface area contributed by atoms with Gasteiger partial charge in [0.05, 0.1) is 11.8 Å². The maximum Gasteiger partial charge on any atom is 0.138 e. The van der Waals surface area contributed by atoms with E-state index in [0.717, 1.165) is 11.8 Å². The third-order valence-corrected chi connectivity index (χ3v) is 2.16. The Balaban J connectivity index is 2.81. The summed E-state index contributed by atoms with van der Waals surface area (Å²) in [5, 5.41) is 8.26. The van der Waals surface area contributed by atoms with Crippen LogP contribution in [0.25, 0.3) is 0 Å². The molecule has 0 saturated heterocycles. The zero-order chi connectivity index (χ0) is 8.97. The lowest BCUT2D eigenvalue weighted by Gasteiger charge is -1.99. The van der Waals surface area contributed by atoms with Crippen LogP contribution in [0.1, 0.15) is 0 Å². The van der Waals surface area contributed by atoms with E-state index in [1.54, 1.807) is 12.1 Å². The van der Waals surface area contributed by atoms with Crippen molar-refractivity contribution in [2.75, 3.05) is 11.5 Å². The summed E-state index contributed by atoms with van der Waals surface area (Å²) in [6, 6.07) is 6.36. The average molecular weight is 182 g/mol. The van der Waals surface area contributed by atoms with Crippen LogP contribution in [-0.2, 0) is 0 Å². The molecule has 1 rings (SSSR count). The number of thioether (sulfide) groups is 1. The van der Waals surface area contributed by atoms with E-state index >= 15 is 0 Å². The molecule has 12 heavy (non-hydrogen) atoms. The second-order valence-electron chi connectivity index (χ2n) is 2.14. The summed E-state index contributed by atoms with van der Waals surface area (Å²) in [4.78, 5) is 0.464. The topological polar surface area (TPSA) is 49.8 Å². The smallest absolute Gasteiger partial charge is 0.138 e. The van der Waals surface area contributed by atoms with E-state index in [-0.39, 0.29) is 11.6 Å². The summed E-state index contributed by atoms with van der Waals surface area (Å²) in [6.07, 6.45) is 0. The quantitative estimate of drug-likeness (QED) is 0.562. The summed E-state index contributed by atoms with van der Waals surface area (Å²) in [6.45, 7) is 0. The van der Waals surface area contributed by atoms with Crippen molar-refractivity contribution < 1.29 is 4.39 Å². The Morgan fingerprint density at radius 2 is 2.33 bits per heavy atom. The van der Waals surface area contributed by atoms with Gasteiger partial charge in [-0.05, 0) is 18.2 Å². The van der Waals surface area contributed by atoms with Gasteiger partial charge in [0.25, 0.3) is 0 Å². The first-order valence-corrected chi connectivity index (χ1v) is 4.27. The molecule has 0 aromatic heterocycles. The molecule has 0 radical (unpaired) electrons. The van der Waals surface area contributed by atoms with Gasteiger partial charge in [-0.1, -0.05) is 0 Å². The maximum absolute atomic E-state index is 13.0. The van der Waals surface area contributed by atoms with Crippen LogP contribution in [0.4, 0.5) is 10.1 Å². The number of nitrogen functional groups attached to an aromatic ring is 1. The van der Waals surface area contributed by atoms with Gasteiger partial charge in [0.1, 0.15) is 5.82 Å². The molecule has 4 heteroatoms. The molecule has 0 heterocycles. The van der Waals surface area contributed by atoms with Crippen LogP contribution in [0.2, 0.25) is 0 Å². The van der Waals surface area contributed by atoms with Crippen LogP contribution < -0.4 is 5.73 Å². The zero-order valence-corrected chi connectivity index (χ0v) is 7.07. The Hall–Kier alpha value is -1.21. The molecule has 0 atom stereocenters. The fourth-order valence-electron chi connectivity index (χ4n) is 0.744. The van der Waals surface area contributed by atoms with Gasteiger partial charge in [-0.15, -0.1) is 11.8 Å². The summed E-state index contributed by atoms with van der Waals surface area (Å²) in [5.74, 6) is -0.115. The van der Waals surface area contributed by atoms with Gasteiger partial charge in [-0.2, -0.15) is 5.26 Å². The molecule has 62 valence electrons. The normalized spacial score (nSPS) is 9.33. The van der Waals surface area contributed by atoms with E-state index in [9.17, 15) is 4.39 Å². The van der Waals surface area contributed by atoms with Crippen LogP contribution in [0.15, 0.2) is 23.1 Å². The number of halogens is 1. The van der Waals surface area contributed by atoms with E-state index in [1.807, 2.05) is 6.07 Å². The van der Waals surface area contributed by atoms with Crippen LogP contribution >= 0.6 is 11.8 Å². The van der Waals surface area contributed by atoms with E-state index in [0.29, 0.717) is 10.6 Å². The highest BCUT2D eigenvalue weighted by Gasteiger charge is 2.01. The Bertz CT molecular complexity index is 319. The number of nitriles is 1. The highest BCUT2D eigenvalue weighted by Crippen LogP contribution is 2.22. The van der Waals surface area contributed by atoms with Crippen molar-refractivity contribution in [2.24, 2.45) is 0 Å². The standard InChI is InChI=1S/C8H7FN2S/c9-7-5-6(11)1-2-8(7)12-4-3-10/h1-2,5H,4,11H2. The number of hydrogen-bond donors (Lipinski definition) is 1. The lowest BCUT2D eigenvalue weighted by Crippen LogP contribution is -1.88. The molecule has 2 nitrogen and oxygen atoms in total. The first kappa shape index (κ1) is 8.88. The molecule has 0 saturated carbocycles. The molecule has 0 amide bonds. The molecule has 0 fully saturated rings. The highest BCUT2D eigenvalue weighted by atomic mass is 32.2. The number of nitrogens with zero attached hydrogens (tertiary/aromatic N) is 1. The predicted octanol–water partition coefficient (Wildman–Crippen LogP) is 2.02. The van der Waals surface area contributed by atoms with Gasteiger partial charge in [0.15, 0.2) is 0 Å². The lowest BCUT2D eigenvalue weighted by molar-refractivity contribution is 0.603. The highest BCUT2D eigenvalue weighted by molar-refractivity contribution is 7.99. The van der Waals surface area contributed by atoms with Crippen LogP contribution in [0, 0.1) is 17.1 Å². The monoisotopic (exact) mass is 182 g/mol. The summed E-state index contributed by atoms with van der Waals surface area (Å²) in [5.41, 5.74) is 5.74. The third-order valence-electron chi connectivity index (χ3n) is 1.25. The molecule has 0 spiro atoms. The number of benzene rings is 1. The molecule has 0 bridgehead atoms. The molecule has 0 aliphatic rings. The van der Waals surface area contributed by atoms with Crippen LogP contribution in [0.3, 0.4) is 0 Å².